The minimum Gasteiger partial charge on any atom is -0.479 e. The first-order valence-electron chi connectivity index (χ1n) is 7.46. The molecule has 4 unspecified atom stereocenters. The summed E-state index contributed by atoms with van der Waals surface area (Å²) in [6.07, 6.45) is -0.796. The Morgan fingerprint density at radius 2 is 1.64 bits per heavy atom. The van der Waals surface area contributed by atoms with Crippen LogP contribution in [0.3, 0.4) is 0 Å². The molecule has 0 aliphatic carbocycles. The van der Waals surface area contributed by atoms with Crippen LogP contribution < -0.4 is 5.73 Å². The van der Waals surface area contributed by atoms with Gasteiger partial charge in [0.2, 0.25) is 0 Å². The van der Waals surface area contributed by atoms with Crippen molar-refractivity contribution in [2.45, 2.75) is 56.5 Å². The van der Waals surface area contributed by atoms with Gasteiger partial charge in [-0.2, -0.15) is 0 Å². The van der Waals surface area contributed by atoms with Crippen molar-refractivity contribution in [2.75, 3.05) is 0 Å². The largest absolute Gasteiger partial charge is 0.479 e. The van der Waals surface area contributed by atoms with E-state index in [9.17, 15) is 20.1 Å². The van der Waals surface area contributed by atoms with Crippen LogP contribution in [0, 0.1) is 0 Å². The third-order valence-electron chi connectivity index (χ3n) is 3.59. The molecule has 124 valence electrons. The molecule has 1 rings (SSSR count). The van der Waals surface area contributed by atoms with Crippen molar-refractivity contribution in [3.05, 3.63) is 35.9 Å². The molecule has 22 heavy (non-hydrogen) atoms. The average Bonchev–Trinajstić information content (AvgIpc) is 2.47. The molecule has 0 saturated heterocycles. The number of aliphatic carboxylic acids is 1. The van der Waals surface area contributed by atoms with Crippen LogP contribution in [0.5, 0.6) is 0 Å². The normalized spacial score (nSPS) is 16.7. The second kappa shape index (κ2) is 9.53. The summed E-state index contributed by atoms with van der Waals surface area (Å²) in [6.45, 7) is 0. The topological polar surface area (TPSA) is 124 Å². The number of hydrogen-bond donors (Lipinski definition) is 5. The summed E-state index contributed by atoms with van der Waals surface area (Å²) >= 11 is 0. The van der Waals surface area contributed by atoms with E-state index in [2.05, 4.69) is 0 Å². The number of benzene rings is 1. The monoisotopic (exact) mass is 311 g/mol. The Morgan fingerprint density at radius 3 is 2.23 bits per heavy atom. The van der Waals surface area contributed by atoms with Gasteiger partial charge in [0.25, 0.3) is 0 Å². The standard InChI is InChI=1S/C16H25NO5/c17-14(15(20)16(21)22)10-13(19)8-4-7-12(18)9-11-5-2-1-3-6-11/h1-3,5-6,12-15,18-20H,4,7-10,17H2,(H,21,22). The fraction of sp³-hybridized carbons (Fsp3) is 0.562. The molecule has 6 N–H and O–H groups in total. The maximum absolute atomic E-state index is 10.6. The van der Waals surface area contributed by atoms with E-state index < -0.39 is 30.3 Å². The lowest BCUT2D eigenvalue weighted by Gasteiger charge is -2.19. The Labute approximate surface area is 130 Å². The molecule has 0 bridgehead atoms. The third-order valence-corrected chi connectivity index (χ3v) is 3.59. The minimum atomic E-state index is -1.67. The Morgan fingerprint density at radius 1 is 1.05 bits per heavy atom. The van der Waals surface area contributed by atoms with Gasteiger partial charge in [0, 0.05) is 6.04 Å². The summed E-state index contributed by atoms with van der Waals surface area (Å²) in [5, 5.41) is 37.6. The number of hydrogen-bond acceptors (Lipinski definition) is 5. The number of aliphatic hydroxyl groups excluding tert-OH is 3. The van der Waals surface area contributed by atoms with E-state index in [-0.39, 0.29) is 6.42 Å². The fourth-order valence-electron chi connectivity index (χ4n) is 2.32. The molecule has 0 heterocycles. The molecule has 0 aliphatic rings. The van der Waals surface area contributed by atoms with Crippen LogP contribution in [0.1, 0.15) is 31.2 Å². The van der Waals surface area contributed by atoms with E-state index in [0.29, 0.717) is 25.7 Å². The lowest BCUT2D eigenvalue weighted by Crippen LogP contribution is -2.42. The van der Waals surface area contributed by atoms with Gasteiger partial charge in [-0.15, -0.1) is 0 Å². The van der Waals surface area contributed by atoms with Crippen LogP contribution in [0.4, 0.5) is 0 Å². The molecular weight excluding hydrogens is 286 g/mol. The third kappa shape index (κ3) is 7.00. The molecule has 0 saturated carbocycles. The first-order valence-corrected chi connectivity index (χ1v) is 7.46. The first kappa shape index (κ1) is 18.6. The van der Waals surface area contributed by atoms with Gasteiger partial charge in [-0.05, 0) is 37.7 Å². The maximum Gasteiger partial charge on any atom is 0.334 e. The highest BCUT2D eigenvalue weighted by molar-refractivity contribution is 5.72. The molecule has 0 amide bonds. The summed E-state index contributed by atoms with van der Waals surface area (Å²) in [7, 11) is 0. The first-order chi connectivity index (χ1) is 10.4. The fourth-order valence-corrected chi connectivity index (χ4v) is 2.32. The van der Waals surface area contributed by atoms with Crippen molar-refractivity contribution < 1.29 is 25.2 Å². The highest BCUT2D eigenvalue weighted by Gasteiger charge is 2.24. The molecule has 0 aromatic heterocycles. The van der Waals surface area contributed by atoms with Crippen molar-refractivity contribution >= 4 is 5.97 Å². The predicted molar refractivity (Wildman–Crippen MR) is 82.2 cm³/mol. The minimum absolute atomic E-state index is 0.0161. The van der Waals surface area contributed by atoms with E-state index in [1.54, 1.807) is 0 Å². The summed E-state index contributed by atoms with van der Waals surface area (Å²) in [4.78, 5) is 10.6. The lowest BCUT2D eigenvalue weighted by molar-refractivity contribution is -0.148. The molecule has 0 fully saturated rings. The zero-order valence-electron chi connectivity index (χ0n) is 12.5. The predicted octanol–water partition coefficient (Wildman–Crippen LogP) is 0.284. The summed E-state index contributed by atoms with van der Waals surface area (Å²) < 4.78 is 0. The quantitative estimate of drug-likeness (QED) is 0.423. The lowest BCUT2D eigenvalue weighted by atomic mass is 9.98. The Balaban J connectivity index is 2.21. The Hall–Kier alpha value is -1.47. The van der Waals surface area contributed by atoms with E-state index in [0.717, 1.165) is 5.56 Å². The zero-order valence-corrected chi connectivity index (χ0v) is 12.5. The molecule has 6 nitrogen and oxygen atoms in total. The maximum atomic E-state index is 10.6. The smallest absolute Gasteiger partial charge is 0.334 e. The van der Waals surface area contributed by atoms with Gasteiger partial charge in [-0.1, -0.05) is 30.3 Å². The summed E-state index contributed by atoms with van der Waals surface area (Å²) in [5.74, 6) is -1.39. The second-order valence-corrected chi connectivity index (χ2v) is 5.61. The van der Waals surface area contributed by atoms with Crippen LogP contribution in [0.25, 0.3) is 0 Å². The van der Waals surface area contributed by atoms with Crippen LogP contribution in [0.15, 0.2) is 30.3 Å². The van der Waals surface area contributed by atoms with Gasteiger partial charge in [0.1, 0.15) is 0 Å². The van der Waals surface area contributed by atoms with Crippen LogP contribution in [0.2, 0.25) is 0 Å². The number of aliphatic hydroxyl groups is 3. The highest BCUT2D eigenvalue weighted by Crippen LogP contribution is 2.12. The van der Waals surface area contributed by atoms with Crippen molar-refractivity contribution in [2.24, 2.45) is 5.73 Å². The van der Waals surface area contributed by atoms with Crippen molar-refractivity contribution in [3.8, 4) is 0 Å². The van der Waals surface area contributed by atoms with Crippen LogP contribution >= 0.6 is 0 Å². The van der Waals surface area contributed by atoms with E-state index in [4.69, 9.17) is 10.8 Å². The van der Waals surface area contributed by atoms with E-state index >= 15 is 0 Å². The van der Waals surface area contributed by atoms with Gasteiger partial charge >= 0.3 is 5.97 Å². The Kier molecular flexibility index (Phi) is 8.05. The molecule has 0 spiro atoms. The number of carbonyl (C=O) groups is 1. The molecule has 4 atom stereocenters. The Bertz CT molecular complexity index is 439. The van der Waals surface area contributed by atoms with Crippen molar-refractivity contribution in [1.82, 2.24) is 0 Å². The van der Waals surface area contributed by atoms with Gasteiger partial charge < -0.3 is 26.2 Å². The van der Waals surface area contributed by atoms with Crippen LogP contribution in [-0.2, 0) is 11.2 Å². The van der Waals surface area contributed by atoms with Crippen LogP contribution in [-0.4, -0.2) is 50.7 Å². The molecule has 0 radical (unpaired) electrons. The number of nitrogens with two attached hydrogens (primary N) is 1. The van der Waals surface area contributed by atoms with Crippen molar-refractivity contribution in [1.29, 1.82) is 0 Å². The highest BCUT2D eigenvalue weighted by atomic mass is 16.4. The molecule has 1 aromatic carbocycles. The summed E-state index contributed by atoms with van der Waals surface area (Å²) in [6, 6.07) is 8.65. The zero-order chi connectivity index (χ0) is 16.5. The van der Waals surface area contributed by atoms with E-state index in [1.165, 1.54) is 0 Å². The number of rotatable bonds is 10. The van der Waals surface area contributed by atoms with Gasteiger partial charge in [-0.25, -0.2) is 4.79 Å². The number of carboxylic acid groups (broad SMARTS) is 1. The SMILES string of the molecule is NC(CC(O)CCCC(O)Cc1ccccc1)C(O)C(=O)O. The average molecular weight is 311 g/mol. The van der Waals surface area contributed by atoms with Gasteiger partial charge in [-0.3, -0.25) is 0 Å². The molecule has 1 aromatic rings. The second-order valence-electron chi connectivity index (χ2n) is 5.61. The molecular formula is C16H25NO5. The van der Waals surface area contributed by atoms with Gasteiger partial charge in [0.05, 0.1) is 12.2 Å². The van der Waals surface area contributed by atoms with Gasteiger partial charge in [0.15, 0.2) is 6.10 Å². The summed E-state index contributed by atoms with van der Waals surface area (Å²) in [5.41, 5.74) is 6.57. The molecule has 0 aliphatic heterocycles. The number of carboxylic acids is 1. The molecule has 6 heteroatoms. The van der Waals surface area contributed by atoms with Crippen molar-refractivity contribution in [3.63, 3.8) is 0 Å². The van der Waals surface area contributed by atoms with E-state index in [1.807, 2.05) is 30.3 Å².